The van der Waals surface area contributed by atoms with Crippen molar-refractivity contribution in [2.24, 2.45) is 5.41 Å². The Balaban J connectivity index is 1.46. The van der Waals surface area contributed by atoms with Gasteiger partial charge in [-0.05, 0) is 66.6 Å². The van der Waals surface area contributed by atoms with Crippen LogP contribution in [0.5, 0.6) is 23.0 Å². The molecule has 0 saturated carbocycles. The molecule has 0 spiro atoms. The summed E-state index contributed by atoms with van der Waals surface area (Å²) < 4.78 is 53.2. The average molecular weight is 643 g/mol. The van der Waals surface area contributed by atoms with E-state index in [1.54, 1.807) is 54.6 Å². The number of phenols is 1. The van der Waals surface area contributed by atoms with Gasteiger partial charge in [-0.15, -0.1) is 0 Å². The highest BCUT2D eigenvalue weighted by Crippen LogP contribution is 2.50. The molecule has 2 N–H and O–H groups in total. The number of carbonyl (C=O) groups excluding carboxylic acids is 1. The van der Waals surface area contributed by atoms with Crippen LogP contribution in [-0.2, 0) is 22.6 Å². The molecular formula is C37H36F2N2O6. The van der Waals surface area contributed by atoms with Gasteiger partial charge in [0.25, 0.3) is 0 Å². The second-order valence-corrected chi connectivity index (χ2v) is 12.4. The molecule has 0 aliphatic carbocycles. The molecule has 6 rings (SSSR count). The Morgan fingerprint density at radius 1 is 1.00 bits per heavy atom. The van der Waals surface area contributed by atoms with Crippen molar-refractivity contribution in [3.63, 3.8) is 0 Å². The van der Waals surface area contributed by atoms with Gasteiger partial charge in [-0.3, -0.25) is 9.69 Å². The second-order valence-electron chi connectivity index (χ2n) is 12.4. The molecule has 1 atom stereocenters. The van der Waals surface area contributed by atoms with Gasteiger partial charge in [-0.1, -0.05) is 32.0 Å². The number of anilines is 2. The number of carbonyl (C=O) groups is 1. The van der Waals surface area contributed by atoms with Crippen molar-refractivity contribution in [2.75, 3.05) is 31.0 Å². The molecule has 2 aliphatic heterocycles. The van der Waals surface area contributed by atoms with E-state index in [4.69, 9.17) is 18.9 Å². The molecule has 0 radical (unpaired) electrons. The van der Waals surface area contributed by atoms with Crippen molar-refractivity contribution < 1.29 is 37.6 Å². The summed E-state index contributed by atoms with van der Waals surface area (Å²) in [5, 5.41) is 14.4. The molecule has 0 bridgehead atoms. The normalized spacial score (nSPS) is 16.6. The fraction of sp³-hybridized carbons (Fsp3) is 0.270. The maximum absolute atomic E-state index is 16.3. The van der Waals surface area contributed by atoms with Crippen LogP contribution in [0.2, 0.25) is 0 Å². The number of hydrogen-bond donors (Lipinski definition) is 2. The molecule has 0 fully saturated rings. The number of nitrogens with one attached hydrogen (secondary N) is 1. The predicted octanol–water partition coefficient (Wildman–Crippen LogP) is 7.67. The number of methoxy groups -OCH3 is 2. The fourth-order valence-corrected chi connectivity index (χ4v) is 6.03. The number of para-hydroxylation sites is 1. The van der Waals surface area contributed by atoms with Crippen molar-refractivity contribution in [2.45, 2.75) is 39.3 Å². The Labute approximate surface area is 272 Å². The van der Waals surface area contributed by atoms with Gasteiger partial charge in [0.15, 0.2) is 0 Å². The highest BCUT2D eigenvalue weighted by atomic mass is 19.1. The Morgan fingerprint density at radius 3 is 2.53 bits per heavy atom. The fourth-order valence-electron chi connectivity index (χ4n) is 6.03. The van der Waals surface area contributed by atoms with Gasteiger partial charge in [0.05, 0.1) is 38.6 Å². The molecule has 2 aliphatic rings. The first-order valence-electron chi connectivity index (χ1n) is 15.2. The lowest BCUT2D eigenvalue weighted by Crippen LogP contribution is -2.39. The third kappa shape index (κ3) is 6.54. The van der Waals surface area contributed by atoms with E-state index in [9.17, 15) is 14.3 Å². The van der Waals surface area contributed by atoms with Crippen molar-refractivity contribution in [1.82, 2.24) is 0 Å². The summed E-state index contributed by atoms with van der Waals surface area (Å²) >= 11 is 0. The van der Waals surface area contributed by atoms with Gasteiger partial charge in [0.1, 0.15) is 58.7 Å². The lowest BCUT2D eigenvalue weighted by atomic mass is 9.85. The van der Waals surface area contributed by atoms with Crippen LogP contribution in [0.25, 0.3) is 0 Å². The van der Waals surface area contributed by atoms with Crippen LogP contribution in [0.1, 0.15) is 43.0 Å². The lowest BCUT2D eigenvalue weighted by molar-refractivity contribution is -0.118. The van der Waals surface area contributed by atoms with Gasteiger partial charge in [-0.25, -0.2) is 8.78 Å². The van der Waals surface area contributed by atoms with Gasteiger partial charge in [0, 0.05) is 22.6 Å². The molecule has 0 saturated heterocycles. The zero-order valence-electron chi connectivity index (χ0n) is 26.6. The molecule has 47 heavy (non-hydrogen) atoms. The van der Waals surface area contributed by atoms with Crippen LogP contribution in [0.15, 0.2) is 90.3 Å². The number of aromatic hydroxyl groups is 1. The summed E-state index contributed by atoms with van der Waals surface area (Å²) in [5.74, 6) is 0.145. The number of halogens is 2. The first-order valence-corrected chi connectivity index (χ1v) is 15.2. The molecule has 1 unspecified atom stereocenters. The number of rotatable bonds is 8. The number of fused-ring (bicyclic) bond motifs is 1. The van der Waals surface area contributed by atoms with Crippen molar-refractivity contribution >= 4 is 17.3 Å². The molecule has 4 aromatic carbocycles. The van der Waals surface area contributed by atoms with E-state index in [0.29, 0.717) is 58.5 Å². The third-order valence-corrected chi connectivity index (χ3v) is 8.29. The number of allylic oxidation sites excluding steroid dienone is 1. The predicted molar refractivity (Wildman–Crippen MR) is 174 cm³/mol. The summed E-state index contributed by atoms with van der Waals surface area (Å²) in [6.07, 6.45) is 0.394. The topological polar surface area (TPSA) is 89.5 Å². The Kier molecular flexibility index (Phi) is 8.68. The summed E-state index contributed by atoms with van der Waals surface area (Å²) in [5.41, 5.74) is 2.35. The number of hydrogen-bond acceptors (Lipinski definition) is 7. The highest BCUT2D eigenvalue weighted by molar-refractivity contribution is 6.01. The first kappa shape index (κ1) is 31.7. The minimum atomic E-state index is -1.04. The average Bonchev–Trinajstić information content (AvgIpc) is 3.18. The van der Waals surface area contributed by atoms with Crippen LogP contribution in [-0.4, -0.2) is 31.8 Å². The van der Waals surface area contributed by atoms with E-state index in [2.05, 4.69) is 5.32 Å². The Morgan fingerprint density at radius 2 is 1.79 bits per heavy atom. The molecule has 2 heterocycles. The van der Waals surface area contributed by atoms with Gasteiger partial charge in [-0.2, -0.15) is 0 Å². The van der Waals surface area contributed by atoms with E-state index < -0.39 is 23.6 Å². The van der Waals surface area contributed by atoms with Gasteiger partial charge < -0.3 is 29.4 Å². The zero-order valence-corrected chi connectivity index (χ0v) is 26.6. The van der Waals surface area contributed by atoms with Crippen LogP contribution in [0.3, 0.4) is 0 Å². The number of amides is 1. The van der Waals surface area contributed by atoms with Gasteiger partial charge in [0.2, 0.25) is 5.91 Å². The van der Waals surface area contributed by atoms with Crippen LogP contribution in [0, 0.1) is 17.0 Å². The molecule has 8 nitrogen and oxygen atoms in total. The maximum atomic E-state index is 16.3. The summed E-state index contributed by atoms with van der Waals surface area (Å²) in [7, 11) is 3.05. The van der Waals surface area contributed by atoms with Crippen molar-refractivity contribution in [1.29, 1.82) is 0 Å². The molecule has 10 heteroatoms. The monoisotopic (exact) mass is 642 g/mol. The number of benzene rings is 4. The smallest absolute Gasteiger partial charge is 0.232 e. The largest absolute Gasteiger partial charge is 0.506 e. The summed E-state index contributed by atoms with van der Waals surface area (Å²) in [6, 6.07) is 19.4. The molecule has 0 aromatic heterocycles. The van der Waals surface area contributed by atoms with E-state index >= 15 is 4.39 Å². The van der Waals surface area contributed by atoms with Crippen LogP contribution < -0.4 is 24.4 Å². The summed E-state index contributed by atoms with van der Waals surface area (Å²) in [4.78, 5) is 16.0. The van der Waals surface area contributed by atoms with Crippen LogP contribution in [0.4, 0.5) is 20.2 Å². The molecule has 244 valence electrons. The minimum Gasteiger partial charge on any atom is -0.506 e. The third-order valence-electron chi connectivity index (χ3n) is 8.29. The standard InChI is InChI=1S/C37H36F2N2O6/c1-37(2)19-29-36(47-21-37)35(27-13-11-26(18-28(27)39)46-20-22-7-5-8-24(38)15-22)41(30-9-6-10-31(42)34(30)40-29)33(43)17-23-16-25(44-3)12-14-32(23)45-4/h5-16,18,35,40,42H,17,19-21H2,1-4H3. The van der Waals surface area contributed by atoms with Crippen LogP contribution >= 0.6 is 0 Å². The quantitative estimate of drug-likeness (QED) is 0.191. The van der Waals surface area contributed by atoms with E-state index in [1.807, 2.05) is 13.8 Å². The number of ether oxygens (including phenoxy) is 4. The SMILES string of the molecule is COc1ccc(OC)c(CC(=O)N2c3cccc(O)c3NC3=C(OCC(C)(C)C3)C2c2ccc(OCc3cccc(F)c3)cc2F)c1. The Hall–Kier alpha value is -5.25. The lowest BCUT2D eigenvalue weighted by Gasteiger charge is -2.38. The molecule has 1 amide bonds. The molecular weight excluding hydrogens is 606 g/mol. The highest BCUT2D eigenvalue weighted by Gasteiger charge is 2.42. The van der Waals surface area contributed by atoms with Crippen molar-refractivity contribution in [3.05, 3.63) is 119 Å². The first-order chi connectivity index (χ1) is 22.6. The number of nitrogens with zero attached hydrogens (tertiary/aromatic N) is 1. The Bertz CT molecular complexity index is 1860. The number of phenolic OH excluding ortho intramolecular Hbond substituents is 1. The van der Waals surface area contributed by atoms with E-state index in [-0.39, 0.29) is 35.5 Å². The zero-order chi connectivity index (χ0) is 33.3. The van der Waals surface area contributed by atoms with Gasteiger partial charge >= 0.3 is 0 Å². The maximum Gasteiger partial charge on any atom is 0.232 e. The van der Waals surface area contributed by atoms with E-state index in [1.165, 1.54) is 43.4 Å². The van der Waals surface area contributed by atoms with Crippen molar-refractivity contribution in [3.8, 4) is 23.0 Å². The second kappa shape index (κ2) is 12.9. The van der Waals surface area contributed by atoms with E-state index in [0.717, 1.165) is 0 Å². The summed E-state index contributed by atoms with van der Waals surface area (Å²) in [6.45, 7) is 4.46. The molecule has 4 aromatic rings. The minimum absolute atomic E-state index is 0.0387.